The van der Waals surface area contributed by atoms with Gasteiger partial charge in [0, 0.05) is 24.7 Å². The molecule has 0 spiro atoms. The van der Waals surface area contributed by atoms with Gasteiger partial charge in [0.15, 0.2) is 0 Å². The summed E-state index contributed by atoms with van der Waals surface area (Å²) >= 11 is 0. The van der Waals surface area contributed by atoms with Crippen molar-refractivity contribution in [1.29, 1.82) is 0 Å². The highest BCUT2D eigenvalue weighted by Gasteiger charge is 2.19. The maximum atomic E-state index is 11.9. The third-order valence-electron chi connectivity index (χ3n) is 2.74. The molecule has 0 aromatic rings. The molecule has 0 rings (SSSR count). The van der Waals surface area contributed by atoms with Crippen molar-refractivity contribution in [1.82, 2.24) is 10.2 Å². The van der Waals surface area contributed by atoms with Crippen LogP contribution in [0.15, 0.2) is 12.2 Å². The van der Waals surface area contributed by atoms with E-state index in [1.54, 1.807) is 4.90 Å². The highest BCUT2D eigenvalue weighted by Crippen LogP contribution is 2.06. The van der Waals surface area contributed by atoms with Crippen molar-refractivity contribution < 1.29 is 19.5 Å². The van der Waals surface area contributed by atoms with E-state index in [0.29, 0.717) is 12.6 Å². The Morgan fingerprint density at radius 3 is 2.37 bits per heavy atom. The van der Waals surface area contributed by atoms with E-state index < -0.39 is 17.9 Å². The fourth-order valence-corrected chi connectivity index (χ4v) is 1.44. The van der Waals surface area contributed by atoms with Gasteiger partial charge in [-0.15, -0.1) is 0 Å². The Hall–Kier alpha value is -1.85. The molecule has 2 N–H and O–H groups in total. The topological polar surface area (TPSA) is 86.7 Å². The van der Waals surface area contributed by atoms with Gasteiger partial charge in [0.2, 0.25) is 0 Å². The van der Waals surface area contributed by atoms with E-state index in [0.717, 1.165) is 25.3 Å². The summed E-state index contributed by atoms with van der Waals surface area (Å²) < 4.78 is 0. The van der Waals surface area contributed by atoms with Crippen LogP contribution in [0.2, 0.25) is 0 Å². The highest BCUT2D eigenvalue weighted by molar-refractivity contribution is 6.02. The highest BCUT2D eigenvalue weighted by atomic mass is 16.4. The molecule has 6 nitrogen and oxygen atoms in total. The zero-order valence-electron chi connectivity index (χ0n) is 11.7. The molecule has 0 radical (unpaired) electrons. The first-order valence-electron chi connectivity index (χ1n) is 6.44. The second kappa shape index (κ2) is 9.13. The summed E-state index contributed by atoms with van der Waals surface area (Å²) in [4.78, 5) is 35.1. The molecule has 0 aliphatic carbocycles. The smallest absolute Gasteiger partial charge is 0.328 e. The molecule has 0 fully saturated rings. The zero-order chi connectivity index (χ0) is 14.8. The molecule has 1 unspecified atom stereocenters. The summed E-state index contributed by atoms with van der Waals surface area (Å²) in [6.45, 7) is 6.47. The minimum absolute atomic E-state index is 0.0304. The average molecular weight is 270 g/mol. The molecule has 0 aromatic heterocycles. The number of carboxylic acids is 1. The van der Waals surface area contributed by atoms with Gasteiger partial charge in [-0.05, 0) is 19.8 Å². The Balaban J connectivity index is 4.54. The fourth-order valence-electron chi connectivity index (χ4n) is 1.44. The van der Waals surface area contributed by atoms with Crippen molar-refractivity contribution in [2.45, 2.75) is 46.1 Å². The van der Waals surface area contributed by atoms with Crippen molar-refractivity contribution in [2.75, 3.05) is 6.54 Å². The molecule has 19 heavy (non-hydrogen) atoms. The van der Waals surface area contributed by atoms with Crippen molar-refractivity contribution in [2.24, 2.45) is 0 Å². The summed E-state index contributed by atoms with van der Waals surface area (Å²) in [6, 6.07) is -0.453. The number of nitrogens with one attached hydrogen (secondary N) is 1. The lowest BCUT2D eigenvalue weighted by Crippen LogP contribution is -2.47. The number of urea groups is 1. The number of carboxylic acid groups (broad SMARTS) is 1. The SMILES string of the molecule is CCCCN(C(=O)NC(=O)C=CC(=O)O)C(C)CC. The van der Waals surface area contributed by atoms with Crippen molar-refractivity contribution in [3.8, 4) is 0 Å². The number of imide groups is 1. The summed E-state index contributed by atoms with van der Waals surface area (Å²) in [6.07, 6.45) is 4.12. The quantitative estimate of drug-likeness (QED) is 0.690. The van der Waals surface area contributed by atoms with E-state index in [2.05, 4.69) is 5.32 Å². The van der Waals surface area contributed by atoms with Gasteiger partial charge in [0.1, 0.15) is 0 Å². The van der Waals surface area contributed by atoms with Crippen LogP contribution in [-0.4, -0.2) is 40.5 Å². The van der Waals surface area contributed by atoms with Crippen LogP contribution in [0.3, 0.4) is 0 Å². The minimum Gasteiger partial charge on any atom is -0.478 e. The Bertz CT molecular complexity index is 353. The van der Waals surface area contributed by atoms with E-state index in [1.165, 1.54) is 0 Å². The first kappa shape index (κ1) is 17.2. The van der Waals surface area contributed by atoms with Gasteiger partial charge in [0.25, 0.3) is 5.91 Å². The van der Waals surface area contributed by atoms with Crippen molar-refractivity contribution in [3.05, 3.63) is 12.2 Å². The summed E-state index contributed by atoms with van der Waals surface area (Å²) in [7, 11) is 0. The predicted octanol–water partition coefficient (Wildman–Crippen LogP) is 1.76. The second-order valence-electron chi connectivity index (χ2n) is 4.27. The first-order chi connectivity index (χ1) is 8.92. The van der Waals surface area contributed by atoms with E-state index in [-0.39, 0.29) is 6.04 Å². The monoisotopic (exact) mass is 270 g/mol. The standard InChI is InChI=1S/C13H22N2O4/c1-4-6-9-15(10(3)5-2)13(19)14-11(16)7-8-12(17)18/h7-8,10H,4-6,9H2,1-3H3,(H,17,18)(H,14,16,19). The third-order valence-corrected chi connectivity index (χ3v) is 2.74. The Kier molecular flexibility index (Phi) is 8.24. The van der Waals surface area contributed by atoms with Gasteiger partial charge in [-0.25, -0.2) is 9.59 Å². The van der Waals surface area contributed by atoms with Gasteiger partial charge in [0.05, 0.1) is 0 Å². The maximum Gasteiger partial charge on any atom is 0.328 e. The maximum absolute atomic E-state index is 11.9. The molecule has 108 valence electrons. The summed E-state index contributed by atoms with van der Waals surface area (Å²) in [5, 5.41) is 10.5. The molecule has 1 atom stereocenters. The number of carbonyl (C=O) groups excluding carboxylic acids is 2. The largest absolute Gasteiger partial charge is 0.478 e. The van der Waals surface area contributed by atoms with Crippen LogP contribution in [0.5, 0.6) is 0 Å². The van der Waals surface area contributed by atoms with E-state index in [4.69, 9.17) is 5.11 Å². The van der Waals surface area contributed by atoms with Gasteiger partial charge < -0.3 is 10.0 Å². The Morgan fingerprint density at radius 2 is 1.89 bits per heavy atom. The molecule has 0 bridgehead atoms. The first-order valence-corrected chi connectivity index (χ1v) is 6.44. The zero-order valence-corrected chi connectivity index (χ0v) is 11.7. The number of rotatable bonds is 7. The minimum atomic E-state index is -1.23. The van der Waals surface area contributed by atoms with Crippen molar-refractivity contribution in [3.63, 3.8) is 0 Å². The van der Waals surface area contributed by atoms with E-state index in [9.17, 15) is 14.4 Å². The summed E-state index contributed by atoms with van der Waals surface area (Å²) in [5.74, 6) is -1.95. The lowest BCUT2D eigenvalue weighted by Gasteiger charge is -2.28. The van der Waals surface area contributed by atoms with Gasteiger partial charge in [-0.1, -0.05) is 20.3 Å². The Labute approximate surface area is 113 Å². The third kappa shape index (κ3) is 7.23. The number of unbranched alkanes of at least 4 members (excludes halogenated alkanes) is 1. The lowest BCUT2D eigenvalue weighted by atomic mass is 10.2. The number of hydrogen-bond acceptors (Lipinski definition) is 3. The molecule has 0 saturated carbocycles. The fraction of sp³-hybridized carbons (Fsp3) is 0.615. The number of amides is 3. The van der Waals surface area contributed by atoms with E-state index >= 15 is 0 Å². The molecular weight excluding hydrogens is 248 g/mol. The van der Waals surface area contributed by atoms with Crippen LogP contribution >= 0.6 is 0 Å². The molecule has 0 saturated heterocycles. The Morgan fingerprint density at radius 1 is 1.26 bits per heavy atom. The predicted molar refractivity (Wildman–Crippen MR) is 71.7 cm³/mol. The van der Waals surface area contributed by atoms with Gasteiger partial charge in [-0.2, -0.15) is 0 Å². The van der Waals surface area contributed by atoms with Gasteiger partial charge in [-0.3, -0.25) is 10.1 Å². The molecule has 0 heterocycles. The van der Waals surface area contributed by atoms with Crippen LogP contribution in [0.25, 0.3) is 0 Å². The molecule has 0 aliphatic rings. The number of hydrogen-bond donors (Lipinski definition) is 2. The second-order valence-corrected chi connectivity index (χ2v) is 4.27. The molecule has 6 heteroatoms. The van der Waals surface area contributed by atoms with Gasteiger partial charge >= 0.3 is 12.0 Å². The van der Waals surface area contributed by atoms with Crippen LogP contribution in [-0.2, 0) is 9.59 Å². The van der Waals surface area contributed by atoms with Crippen LogP contribution < -0.4 is 5.32 Å². The van der Waals surface area contributed by atoms with Crippen molar-refractivity contribution >= 4 is 17.9 Å². The number of carbonyl (C=O) groups is 3. The summed E-state index contributed by atoms with van der Waals surface area (Å²) in [5.41, 5.74) is 0. The number of aliphatic carboxylic acids is 1. The molecular formula is C13H22N2O4. The lowest BCUT2D eigenvalue weighted by molar-refractivity contribution is -0.131. The molecule has 3 amide bonds. The van der Waals surface area contributed by atoms with Crippen LogP contribution in [0, 0.1) is 0 Å². The van der Waals surface area contributed by atoms with Crippen LogP contribution in [0.1, 0.15) is 40.0 Å². The molecule has 0 aromatic carbocycles. The number of nitrogens with zero attached hydrogens (tertiary/aromatic N) is 1. The average Bonchev–Trinajstić information content (AvgIpc) is 2.36. The van der Waals surface area contributed by atoms with E-state index in [1.807, 2.05) is 20.8 Å². The molecule has 0 aliphatic heterocycles. The van der Waals surface area contributed by atoms with Crippen LogP contribution in [0.4, 0.5) is 4.79 Å². The normalized spacial score (nSPS) is 12.2.